The van der Waals surface area contributed by atoms with E-state index in [9.17, 15) is 0 Å². The average molecular weight is 241 g/mol. The minimum atomic E-state index is 0.316. The normalized spacial score (nSPS) is 30.0. The second-order valence-corrected chi connectivity index (χ2v) is 6.76. The van der Waals surface area contributed by atoms with Crippen LogP contribution in [-0.2, 0) is 4.74 Å². The fraction of sp³-hybridized carbons (Fsp3) is 1.00. The summed E-state index contributed by atoms with van der Waals surface area (Å²) in [6.07, 6.45) is 5.94. The molecule has 1 aliphatic rings. The van der Waals surface area contributed by atoms with Crippen LogP contribution in [0.2, 0.25) is 0 Å². The Morgan fingerprint density at radius 1 is 1.06 bits per heavy atom. The van der Waals surface area contributed by atoms with Gasteiger partial charge in [-0.1, -0.05) is 20.8 Å². The van der Waals surface area contributed by atoms with Crippen molar-refractivity contribution in [2.75, 3.05) is 7.05 Å². The van der Waals surface area contributed by atoms with Crippen molar-refractivity contribution in [2.45, 2.75) is 78.6 Å². The van der Waals surface area contributed by atoms with Gasteiger partial charge in [0.25, 0.3) is 0 Å². The summed E-state index contributed by atoms with van der Waals surface area (Å²) in [4.78, 5) is 0. The first-order valence-corrected chi connectivity index (χ1v) is 7.17. The van der Waals surface area contributed by atoms with Gasteiger partial charge in [0.2, 0.25) is 0 Å². The highest BCUT2D eigenvalue weighted by Crippen LogP contribution is 2.38. The highest BCUT2D eigenvalue weighted by atomic mass is 16.5. The number of hydrogen-bond donors (Lipinski definition) is 1. The zero-order valence-electron chi connectivity index (χ0n) is 12.5. The lowest BCUT2D eigenvalue weighted by atomic mass is 9.72. The van der Waals surface area contributed by atoms with Gasteiger partial charge in [0.05, 0.1) is 12.2 Å². The highest BCUT2D eigenvalue weighted by molar-refractivity contribution is 4.81. The van der Waals surface area contributed by atoms with Gasteiger partial charge >= 0.3 is 0 Å². The molecule has 0 aromatic rings. The van der Waals surface area contributed by atoms with Gasteiger partial charge in [-0.25, -0.2) is 0 Å². The largest absolute Gasteiger partial charge is 0.374 e. The highest BCUT2D eigenvalue weighted by Gasteiger charge is 2.30. The Hall–Kier alpha value is -0.0800. The molecular formula is C15H31NO. The van der Waals surface area contributed by atoms with Crippen LogP contribution in [0.4, 0.5) is 0 Å². The van der Waals surface area contributed by atoms with Crippen LogP contribution in [0.25, 0.3) is 0 Å². The molecule has 1 unspecified atom stereocenters. The van der Waals surface area contributed by atoms with Crippen molar-refractivity contribution >= 4 is 0 Å². The number of rotatable bonds is 4. The van der Waals surface area contributed by atoms with E-state index in [-0.39, 0.29) is 0 Å². The molecule has 2 heteroatoms. The van der Waals surface area contributed by atoms with Crippen LogP contribution in [0.1, 0.15) is 60.3 Å². The zero-order valence-corrected chi connectivity index (χ0v) is 12.5. The van der Waals surface area contributed by atoms with Crippen LogP contribution in [-0.4, -0.2) is 25.3 Å². The van der Waals surface area contributed by atoms with Crippen molar-refractivity contribution in [1.29, 1.82) is 0 Å². The van der Waals surface area contributed by atoms with Crippen molar-refractivity contribution in [2.24, 2.45) is 11.3 Å². The molecule has 0 aliphatic heterocycles. The second kappa shape index (κ2) is 6.19. The topological polar surface area (TPSA) is 21.3 Å². The van der Waals surface area contributed by atoms with Crippen molar-refractivity contribution in [3.8, 4) is 0 Å². The average Bonchev–Trinajstić information content (AvgIpc) is 2.27. The fourth-order valence-electron chi connectivity index (χ4n) is 2.72. The predicted octanol–water partition coefficient (Wildman–Crippen LogP) is 3.60. The van der Waals surface area contributed by atoms with Crippen LogP contribution in [0.5, 0.6) is 0 Å². The molecule has 0 heterocycles. The standard InChI is InChI=1S/C15H31NO/c1-11(16-6)12(2)17-14-9-7-13(8-10-14)15(3,4)5/h11-14,16H,7-10H2,1-6H3/t11-,12?,13-,14-/m1/s1. The van der Waals surface area contributed by atoms with E-state index in [4.69, 9.17) is 4.74 Å². The molecule has 17 heavy (non-hydrogen) atoms. The molecule has 1 aliphatic carbocycles. The molecule has 102 valence electrons. The van der Waals surface area contributed by atoms with Gasteiger partial charge in [0, 0.05) is 6.04 Å². The second-order valence-electron chi connectivity index (χ2n) is 6.76. The number of ether oxygens (including phenoxy) is 1. The molecule has 0 aromatic heterocycles. The number of hydrogen-bond acceptors (Lipinski definition) is 2. The third kappa shape index (κ3) is 4.59. The lowest BCUT2D eigenvalue weighted by Gasteiger charge is -2.38. The first-order chi connectivity index (χ1) is 7.84. The van der Waals surface area contributed by atoms with Gasteiger partial charge in [-0.3, -0.25) is 0 Å². The summed E-state index contributed by atoms with van der Waals surface area (Å²) >= 11 is 0. The van der Waals surface area contributed by atoms with Gasteiger partial charge in [0.1, 0.15) is 0 Å². The molecule has 2 atom stereocenters. The summed E-state index contributed by atoms with van der Waals surface area (Å²) in [7, 11) is 2.00. The molecule has 0 saturated heterocycles. The van der Waals surface area contributed by atoms with Gasteiger partial charge < -0.3 is 10.1 Å². The number of nitrogens with one attached hydrogen (secondary N) is 1. The summed E-state index contributed by atoms with van der Waals surface area (Å²) in [5.74, 6) is 0.874. The van der Waals surface area contributed by atoms with Crippen LogP contribution in [0.15, 0.2) is 0 Å². The minimum Gasteiger partial charge on any atom is -0.374 e. The molecule has 0 amide bonds. The SMILES string of the molecule is CN[C@H](C)C(C)O[C@H]1CC[C@H](C(C)(C)C)CC1. The van der Waals surface area contributed by atoms with E-state index in [0.29, 0.717) is 23.7 Å². The molecular weight excluding hydrogens is 210 g/mol. The van der Waals surface area contributed by atoms with Crippen LogP contribution < -0.4 is 5.32 Å². The first kappa shape index (κ1) is 15.0. The van der Waals surface area contributed by atoms with Gasteiger partial charge in [0.15, 0.2) is 0 Å². The van der Waals surface area contributed by atoms with E-state index in [1.807, 2.05) is 7.05 Å². The zero-order chi connectivity index (χ0) is 13.1. The molecule has 0 spiro atoms. The van der Waals surface area contributed by atoms with E-state index in [1.54, 1.807) is 0 Å². The Kier molecular flexibility index (Phi) is 5.46. The Morgan fingerprint density at radius 2 is 1.59 bits per heavy atom. The number of likely N-dealkylation sites (N-methyl/N-ethyl adjacent to an activating group) is 1. The maximum Gasteiger partial charge on any atom is 0.0700 e. The third-order valence-corrected chi connectivity index (χ3v) is 4.47. The smallest absolute Gasteiger partial charge is 0.0700 e. The summed E-state index contributed by atoms with van der Waals surface area (Å²) in [6, 6.07) is 0.440. The van der Waals surface area contributed by atoms with Gasteiger partial charge in [-0.2, -0.15) is 0 Å². The fourth-order valence-corrected chi connectivity index (χ4v) is 2.72. The summed E-state index contributed by atoms with van der Waals surface area (Å²) in [5, 5.41) is 3.26. The van der Waals surface area contributed by atoms with E-state index in [1.165, 1.54) is 25.7 Å². The monoisotopic (exact) mass is 241 g/mol. The molecule has 1 saturated carbocycles. The van der Waals surface area contributed by atoms with E-state index in [0.717, 1.165) is 5.92 Å². The molecule has 2 nitrogen and oxygen atoms in total. The van der Waals surface area contributed by atoms with Crippen molar-refractivity contribution in [3.05, 3.63) is 0 Å². The maximum absolute atomic E-state index is 6.14. The Morgan fingerprint density at radius 3 is 2.00 bits per heavy atom. The molecule has 0 aromatic carbocycles. The molecule has 1 fully saturated rings. The van der Waals surface area contributed by atoms with E-state index < -0.39 is 0 Å². The Labute approximate surface area is 108 Å². The van der Waals surface area contributed by atoms with Crippen molar-refractivity contribution in [1.82, 2.24) is 5.32 Å². The van der Waals surface area contributed by atoms with Crippen LogP contribution >= 0.6 is 0 Å². The van der Waals surface area contributed by atoms with E-state index in [2.05, 4.69) is 39.9 Å². The predicted molar refractivity (Wildman–Crippen MR) is 74.3 cm³/mol. The Bertz CT molecular complexity index is 213. The lowest BCUT2D eigenvalue weighted by Crippen LogP contribution is -2.38. The van der Waals surface area contributed by atoms with Gasteiger partial charge in [-0.05, 0) is 57.9 Å². The summed E-state index contributed by atoms with van der Waals surface area (Å²) in [6.45, 7) is 11.5. The first-order valence-electron chi connectivity index (χ1n) is 7.17. The summed E-state index contributed by atoms with van der Waals surface area (Å²) in [5.41, 5.74) is 0.467. The molecule has 0 bridgehead atoms. The molecule has 1 N–H and O–H groups in total. The maximum atomic E-state index is 6.14. The van der Waals surface area contributed by atoms with Gasteiger partial charge in [-0.15, -0.1) is 0 Å². The van der Waals surface area contributed by atoms with Crippen molar-refractivity contribution < 1.29 is 4.74 Å². The van der Waals surface area contributed by atoms with Crippen molar-refractivity contribution in [3.63, 3.8) is 0 Å². The van der Waals surface area contributed by atoms with Crippen LogP contribution in [0.3, 0.4) is 0 Å². The Balaban J connectivity index is 2.33. The molecule has 1 rings (SSSR count). The van der Waals surface area contributed by atoms with E-state index >= 15 is 0 Å². The lowest BCUT2D eigenvalue weighted by molar-refractivity contribution is -0.0476. The summed E-state index contributed by atoms with van der Waals surface area (Å²) < 4.78 is 6.14. The van der Waals surface area contributed by atoms with Crippen LogP contribution in [0, 0.1) is 11.3 Å². The minimum absolute atomic E-state index is 0.316. The third-order valence-electron chi connectivity index (χ3n) is 4.47. The molecule has 0 radical (unpaired) electrons. The quantitative estimate of drug-likeness (QED) is 0.812.